The van der Waals surface area contributed by atoms with Gasteiger partial charge < -0.3 is 5.73 Å². The van der Waals surface area contributed by atoms with Crippen LogP contribution < -0.4 is 5.73 Å². The van der Waals surface area contributed by atoms with E-state index < -0.39 is 17.4 Å². The van der Waals surface area contributed by atoms with Crippen molar-refractivity contribution in [3.8, 4) is 0 Å². The molecule has 0 spiro atoms. The van der Waals surface area contributed by atoms with Gasteiger partial charge in [-0.15, -0.1) is 0 Å². The predicted octanol–water partition coefficient (Wildman–Crippen LogP) is 3.34. The van der Waals surface area contributed by atoms with Crippen molar-refractivity contribution < 1.29 is 13.6 Å². The molecule has 0 amide bonds. The first kappa shape index (κ1) is 18.3. The molecule has 0 radical (unpaired) electrons. The lowest BCUT2D eigenvalue weighted by molar-refractivity contribution is 0.103. The summed E-state index contributed by atoms with van der Waals surface area (Å²) in [6, 6.07) is 9.15. The minimum absolute atomic E-state index is 0.146. The summed E-state index contributed by atoms with van der Waals surface area (Å²) in [4.78, 5) is 24.6. The van der Waals surface area contributed by atoms with E-state index in [4.69, 9.17) is 5.73 Å². The van der Waals surface area contributed by atoms with E-state index in [1.54, 1.807) is 6.92 Å². The number of aryl methyl sites for hydroxylation is 1. The third-order valence-corrected chi connectivity index (χ3v) is 4.12. The minimum atomic E-state index is -0.633. The Morgan fingerprint density at radius 3 is 2.30 bits per heavy atom. The zero-order valence-electron chi connectivity index (χ0n) is 14.7. The number of nitrogens with two attached hydrogens (primary N) is 1. The molecule has 2 aromatic carbocycles. The maximum atomic E-state index is 14.8. The van der Waals surface area contributed by atoms with Crippen LogP contribution >= 0.6 is 0 Å². The topological polar surface area (TPSA) is 81.2 Å². The van der Waals surface area contributed by atoms with E-state index >= 15 is 0 Å². The molecule has 136 valence electrons. The van der Waals surface area contributed by atoms with Crippen LogP contribution in [0.25, 0.3) is 0 Å². The van der Waals surface area contributed by atoms with Gasteiger partial charge in [0.25, 0.3) is 0 Å². The number of ketones is 1. The van der Waals surface area contributed by atoms with Crippen molar-refractivity contribution in [1.29, 1.82) is 0 Å². The van der Waals surface area contributed by atoms with E-state index in [0.717, 1.165) is 6.07 Å². The second-order valence-electron chi connectivity index (χ2n) is 5.82. The highest BCUT2D eigenvalue weighted by Crippen LogP contribution is 2.22. The molecule has 5 nitrogen and oxygen atoms in total. The lowest BCUT2D eigenvalue weighted by atomic mass is 9.97. The van der Waals surface area contributed by atoms with Crippen molar-refractivity contribution in [3.05, 3.63) is 88.4 Å². The Bertz CT molecular complexity index is 1030. The second kappa shape index (κ2) is 7.41. The maximum absolute atomic E-state index is 14.8. The third-order valence-electron chi connectivity index (χ3n) is 4.12. The van der Waals surface area contributed by atoms with Crippen LogP contribution in [0, 0.1) is 18.6 Å². The standard InChI is InChI=1S/C20H16F2N4O/c1-11-17(20(23)26-10-25-11)18(24-2)15-8-5-13(9-16(15)22)19(27)12-3-6-14(21)7-4-12/h3-10H,1-2H3,(H2,23,25,26). The van der Waals surface area contributed by atoms with Crippen LogP contribution in [-0.2, 0) is 0 Å². The molecule has 2 N–H and O–H groups in total. The first-order chi connectivity index (χ1) is 12.9. The summed E-state index contributed by atoms with van der Waals surface area (Å²) in [5.74, 6) is -1.30. The van der Waals surface area contributed by atoms with Crippen LogP contribution in [-0.4, -0.2) is 28.5 Å². The van der Waals surface area contributed by atoms with E-state index in [1.165, 1.54) is 49.8 Å². The normalized spacial score (nSPS) is 11.5. The molecule has 0 unspecified atom stereocenters. The summed E-state index contributed by atoms with van der Waals surface area (Å²) in [6.45, 7) is 1.73. The molecule has 0 aliphatic heterocycles. The quantitative estimate of drug-likeness (QED) is 0.567. The monoisotopic (exact) mass is 366 g/mol. The van der Waals surface area contributed by atoms with Gasteiger partial charge in [-0.05, 0) is 43.3 Å². The molecule has 0 fully saturated rings. The number of aromatic nitrogens is 2. The van der Waals surface area contributed by atoms with Crippen LogP contribution in [0.3, 0.4) is 0 Å². The van der Waals surface area contributed by atoms with Crippen LogP contribution in [0.1, 0.15) is 32.7 Å². The number of halogens is 2. The van der Waals surface area contributed by atoms with Crippen LogP contribution in [0.5, 0.6) is 0 Å². The van der Waals surface area contributed by atoms with E-state index in [1.807, 2.05) is 0 Å². The molecule has 0 aliphatic carbocycles. The van der Waals surface area contributed by atoms with E-state index in [0.29, 0.717) is 17.0 Å². The molecule has 0 bridgehead atoms. The van der Waals surface area contributed by atoms with Gasteiger partial charge in [0.1, 0.15) is 23.8 Å². The smallest absolute Gasteiger partial charge is 0.193 e. The van der Waals surface area contributed by atoms with Gasteiger partial charge in [0.2, 0.25) is 0 Å². The SMILES string of the molecule is CN=C(c1ccc(C(=O)c2ccc(F)cc2)cc1F)c1c(C)ncnc1N. The summed E-state index contributed by atoms with van der Waals surface area (Å²) < 4.78 is 27.8. The summed E-state index contributed by atoms with van der Waals surface area (Å²) >= 11 is 0. The molecule has 3 aromatic rings. The van der Waals surface area contributed by atoms with Gasteiger partial charge in [0.05, 0.1) is 17.0 Å². The van der Waals surface area contributed by atoms with Gasteiger partial charge in [-0.2, -0.15) is 0 Å². The van der Waals surface area contributed by atoms with Gasteiger partial charge in [-0.3, -0.25) is 9.79 Å². The van der Waals surface area contributed by atoms with E-state index in [-0.39, 0.29) is 22.5 Å². The van der Waals surface area contributed by atoms with Gasteiger partial charge in [-0.1, -0.05) is 6.07 Å². The number of aliphatic imine (C=N–C) groups is 1. The Hall–Kier alpha value is -3.48. The summed E-state index contributed by atoms with van der Waals surface area (Å²) in [7, 11) is 1.51. The van der Waals surface area contributed by atoms with E-state index in [2.05, 4.69) is 15.0 Å². The van der Waals surface area contributed by atoms with Crippen LogP contribution in [0.2, 0.25) is 0 Å². The first-order valence-corrected chi connectivity index (χ1v) is 8.06. The number of carbonyl (C=O) groups is 1. The fraction of sp³-hybridized carbons (Fsp3) is 0.100. The molecule has 3 rings (SSSR count). The Morgan fingerprint density at radius 2 is 1.70 bits per heavy atom. The number of anilines is 1. The fourth-order valence-electron chi connectivity index (χ4n) is 2.77. The first-order valence-electron chi connectivity index (χ1n) is 8.06. The number of carbonyl (C=O) groups excluding carboxylic acids is 1. The summed E-state index contributed by atoms with van der Waals surface area (Å²) in [5, 5.41) is 0. The molecule has 0 saturated carbocycles. The average Bonchev–Trinajstić information content (AvgIpc) is 2.65. The minimum Gasteiger partial charge on any atom is -0.383 e. The van der Waals surface area contributed by atoms with Crippen molar-refractivity contribution in [2.45, 2.75) is 6.92 Å². The number of benzene rings is 2. The van der Waals surface area contributed by atoms with Gasteiger partial charge >= 0.3 is 0 Å². The van der Waals surface area contributed by atoms with Crippen molar-refractivity contribution >= 4 is 17.3 Å². The highest BCUT2D eigenvalue weighted by molar-refractivity contribution is 6.16. The number of nitrogens with zero attached hydrogens (tertiary/aromatic N) is 3. The average molecular weight is 366 g/mol. The lowest BCUT2D eigenvalue weighted by Gasteiger charge is -2.12. The highest BCUT2D eigenvalue weighted by Gasteiger charge is 2.19. The van der Waals surface area contributed by atoms with Crippen molar-refractivity contribution in [1.82, 2.24) is 9.97 Å². The largest absolute Gasteiger partial charge is 0.383 e. The third kappa shape index (κ3) is 3.57. The predicted molar refractivity (Wildman–Crippen MR) is 99.0 cm³/mol. The summed E-state index contributed by atoms with van der Waals surface area (Å²) in [5.41, 5.74) is 7.80. The Labute approximate surface area is 154 Å². The maximum Gasteiger partial charge on any atom is 0.193 e. The Balaban J connectivity index is 2.01. The van der Waals surface area contributed by atoms with E-state index in [9.17, 15) is 13.6 Å². The zero-order chi connectivity index (χ0) is 19.6. The molecular formula is C20H16F2N4O. The van der Waals surface area contributed by atoms with Crippen molar-refractivity contribution in [3.63, 3.8) is 0 Å². The molecule has 1 heterocycles. The molecule has 0 aliphatic rings. The Morgan fingerprint density at radius 1 is 1.04 bits per heavy atom. The zero-order valence-corrected chi connectivity index (χ0v) is 14.7. The van der Waals surface area contributed by atoms with Crippen LogP contribution in [0.4, 0.5) is 14.6 Å². The fourth-order valence-corrected chi connectivity index (χ4v) is 2.77. The Kier molecular flexibility index (Phi) is 5.03. The van der Waals surface area contributed by atoms with Gasteiger partial charge in [0, 0.05) is 23.7 Å². The number of hydrogen-bond acceptors (Lipinski definition) is 5. The van der Waals surface area contributed by atoms with Gasteiger partial charge in [-0.25, -0.2) is 18.7 Å². The number of hydrogen-bond donors (Lipinski definition) is 1. The molecular weight excluding hydrogens is 350 g/mol. The molecule has 7 heteroatoms. The number of nitrogen functional groups attached to an aromatic ring is 1. The number of rotatable bonds is 4. The van der Waals surface area contributed by atoms with Crippen molar-refractivity contribution in [2.75, 3.05) is 12.8 Å². The molecule has 0 saturated heterocycles. The second-order valence-corrected chi connectivity index (χ2v) is 5.82. The summed E-state index contributed by atoms with van der Waals surface area (Å²) in [6.07, 6.45) is 1.32. The molecule has 1 aromatic heterocycles. The molecule has 0 atom stereocenters. The highest BCUT2D eigenvalue weighted by atomic mass is 19.1. The van der Waals surface area contributed by atoms with Crippen molar-refractivity contribution in [2.24, 2.45) is 4.99 Å². The lowest BCUT2D eigenvalue weighted by Crippen LogP contribution is -2.14. The van der Waals surface area contributed by atoms with Gasteiger partial charge in [0.15, 0.2) is 5.78 Å². The van der Waals surface area contributed by atoms with Crippen LogP contribution in [0.15, 0.2) is 53.8 Å². The molecule has 27 heavy (non-hydrogen) atoms.